The number of halogens is 3. The predicted octanol–water partition coefficient (Wildman–Crippen LogP) is 8.45. The first-order chi connectivity index (χ1) is 22.3. The number of nitrogens with zero attached hydrogens (tertiary/aromatic N) is 3. The molecule has 0 bridgehead atoms. The van der Waals surface area contributed by atoms with E-state index in [1.807, 2.05) is 53.4 Å². The minimum absolute atomic E-state index is 0.0818. The van der Waals surface area contributed by atoms with Crippen molar-refractivity contribution in [1.82, 2.24) is 14.8 Å². The van der Waals surface area contributed by atoms with Gasteiger partial charge in [-0.25, -0.2) is 0 Å². The van der Waals surface area contributed by atoms with Gasteiger partial charge in [-0.1, -0.05) is 37.1 Å². The number of amides is 1. The highest BCUT2D eigenvalue weighted by Crippen LogP contribution is 2.31. The molecule has 9 heteroatoms. The minimum Gasteiger partial charge on any atom is -0.497 e. The maximum Gasteiger partial charge on any atom is 0.416 e. The van der Waals surface area contributed by atoms with E-state index in [9.17, 15) is 18.0 Å². The second-order valence-corrected chi connectivity index (χ2v) is 12.2. The molecule has 1 N–H and O–H groups in total. The largest absolute Gasteiger partial charge is 0.497 e. The first-order valence-corrected chi connectivity index (χ1v) is 16.0. The lowest BCUT2D eigenvalue weighted by atomic mass is 9.99. The fraction of sp³-hybridized carbons (Fsp3) is 0.351. The van der Waals surface area contributed by atoms with Crippen LogP contribution in [0.25, 0.3) is 17.0 Å². The van der Waals surface area contributed by atoms with E-state index in [1.165, 1.54) is 43.9 Å². The van der Waals surface area contributed by atoms with Crippen molar-refractivity contribution >= 4 is 34.3 Å². The number of ether oxygens (including phenoxy) is 1. The molecule has 1 aliphatic carbocycles. The fourth-order valence-corrected chi connectivity index (χ4v) is 6.67. The number of piperidine rings is 1. The SMILES string of the molecule is COc1ccc2nccc(Nc3ccc(CN(C(=O)/C=C/c4ccc(C(F)(F)F)cc4)C4CCN(C5CCCC5)CC4)cc3)c2c1. The number of alkyl halides is 3. The number of rotatable bonds is 9. The van der Waals surface area contributed by atoms with Crippen LogP contribution in [-0.2, 0) is 17.5 Å². The standard InChI is InChI=1S/C37H39F3N4O2/c1-46-32-15-16-34-33(24-32)35(18-21-41-34)42-29-13-8-27(9-14-29)25-44(31-19-22-43(23-20-31)30-4-2-3-5-30)36(45)17-10-26-6-11-28(12-7-26)37(38,39)40/h6-18,21,24,30-31H,2-5,19-20,22-23,25H2,1H3,(H,41,42)/b17-10+. The molecule has 2 aliphatic rings. The van der Waals surface area contributed by atoms with Gasteiger partial charge in [0.1, 0.15) is 5.75 Å². The zero-order valence-electron chi connectivity index (χ0n) is 26.0. The first-order valence-electron chi connectivity index (χ1n) is 16.0. The van der Waals surface area contributed by atoms with Crippen molar-refractivity contribution in [2.75, 3.05) is 25.5 Å². The van der Waals surface area contributed by atoms with Crippen LogP contribution in [0.5, 0.6) is 5.75 Å². The molecule has 240 valence electrons. The Morgan fingerprint density at radius 3 is 2.37 bits per heavy atom. The summed E-state index contributed by atoms with van der Waals surface area (Å²) in [4.78, 5) is 22.7. The lowest BCUT2D eigenvalue weighted by Crippen LogP contribution is -2.48. The second kappa shape index (κ2) is 14.0. The average Bonchev–Trinajstić information content (AvgIpc) is 3.62. The topological polar surface area (TPSA) is 57.7 Å². The van der Waals surface area contributed by atoms with Crippen molar-refractivity contribution in [3.8, 4) is 5.75 Å². The van der Waals surface area contributed by atoms with Crippen LogP contribution < -0.4 is 10.1 Å². The molecule has 1 aromatic heterocycles. The van der Waals surface area contributed by atoms with Gasteiger partial charge in [-0.2, -0.15) is 13.2 Å². The van der Waals surface area contributed by atoms with Crippen molar-refractivity contribution in [1.29, 1.82) is 0 Å². The van der Waals surface area contributed by atoms with Gasteiger partial charge in [-0.05, 0) is 91.4 Å². The van der Waals surface area contributed by atoms with Gasteiger partial charge in [-0.3, -0.25) is 9.78 Å². The third-order valence-electron chi connectivity index (χ3n) is 9.25. The zero-order chi connectivity index (χ0) is 32.1. The minimum atomic E-state index is -4.40. The van der Waals surface area contributed by atoms with Gasteiger partial charge in [-0.15, -0.1) is 0 Å². The van der Waals surface area contributed by atoms with Crippen molar-refractivity contribution in [2.45, 2.75) is 63.3 Å². The van der Waals surface area contributed by atoms with Crippen LogP contribution in [0.1, 0.15) is 55.2 Å². The molecule has 3 aromatic carbocycles. The molecule has 1 amide bonds. The number of likely N-dealkylation sites (tertiary alicyclic amines) is 1. The highest BCUT2D eigenvalue weighted by molar-refractivity contribution is 5.94. The first kappa shape index (κ1) is 31.6. The summed E-state index contributed by atoms with van der Waals surface area (Å²) in [6, 6.07) is 21.4. The van der Waals surface area contributed by atoms with Crippen molar-refractivity contribution in [3.05, 3.63) is 102 Å². The number of methoxy groups -OCH3 is 1. The maximum atomic E-state index is 13.7. The van der Waals surface area contributed by atoms with Crippen molar-refractivity contribution in [2.24, 2.45) is 0 Å². The molecule has 0 radical (unpaired) electrons. The summed E-state index contributed by atoms with van der Waals surface area (Å²) >= 11 is 0. The number of carbonyl (C=O) groups is 1. The number of hydrogen-bond acceptors (Lipinski definition) is 5. The number of anilines is 2. The van der Waals surface area contributed by atoms with Gasteiger partial charge in [0.25, 0.3) is 0 Å². The number of pyridine rings is 1. The van der Waals surface area contributed by atoms with E-state index in [4.69, 9.17) is 4.74 Å². The lowest BCUT2D eigenvalue weighted by Gasteiger charge is -2.40. The molecule has 1 saturated carbocycles. The molecule has 6 rings (SSSR count). The summed E-state index contributed by atoms with van der Waals surface area (Å²) in [6.45, 7) is 2.38. The van der Waals surface area contributed by atoms with Crippen LogP contribution in [0.3, 0.4) is 0 Å². The van der Waals surface area contributed by atoms with E-state index < -0.39 is 11.7 Å². The molecule has 0 unspecified atom stereocenters. The quantitative estimate of drug-likeness (QED) is 0.189. The summed E-state index contributed by atoms with van der Waals surface area (Å²) in [5.74, 6) is 0.615. The highest BCUT2D eigenvalue weighted by atomic mass is 19.4. The van der Waals surface area contributed by atoms with E-state index in [1.54, 1.807) is 19.4 Å². The Labute approximate surface area is 267 Å². The summed E-state index contributed by atoms with van der Waals surface area (Å²) in [5, 5.41) is 4.44. The Balaban J connectivity index is 1.17. The van der Waals surface area contributed by atoms with Crippen LogP contribution in [0, 0.1) is 0 Å². The van der Waals surface area contributed by atoms with Crippen LogP contribution in [-0.4, -0.2) is 53.0 Å². The van der Waals surface area contributed by atoms with Crippen molar-refractivity contribution in [3.63, 3.8) is 0 Å². The number of aromatic nitrogens is 1. The number of carbonyl (C=O) groups excluding carboxylic acids is 1. The van der Waals surface area contributed by atoms with Crippen molar-refractivity contribution < 1.29 is 22.7 Å². The van der Waals surface area contributed by atoms with E-state index in [2.05, 4.69) is 15.2 Å². The Bertz CT molecular complexity index is 1660. The molecule has 2 fully saturated rings. The van der Waals surface area contributed by atoms with Gasteiger partial charge in [0.05, 0.1) is 18.2 Å². The zero-order valence-corrected chi connectivity index (χ0v) is 26.0. The molecular weight excluding hydrogens is 589 g/mol. The number of nitrogens with one attached hydrogen (secondary N) is 1. The second-order valence-electron chi connectivity index (χ2n) is 12.2. The van der Waals surface area contributed by atoms with E-state index in [0.29, 0.717) is 18.2 Å². The van der Waals surface area contributed by atoms with Crippen LogP contribution >= 0.6 is 0 Å². The Morgan fingerprint density at radius 1 is 0.978 bits per heavy atom. The van der Waals surface area contributed by atoms with Crippen LogP contribution in [0.15, 0.2) is 85.1 Å². The maximum absolute atomic E-state index is 13.7. The molecule has 4 aromatic rings. The third kappa shape index (κ3) is 7.53. The number of benzene rings is 3. The normalized spacial score (nSPS) is 16.7. The summed E-state index contributed by atoms with van der Waals surface area (Å²) in [5.41, 5.74) is 3.52. The Morgan fingerprint density at radius 2 is 1.70 bits per heavy atom. The van der Waals surface area contributed by atoms with Gasteiger partial charge in [0.15, 0.2) is 0 Å². The lowest BCUT2D eigenvalue weighted by molar-refractivity contribution is -0.137. The van der Waals surface area contributed by atoms with E-state index in [0.717, 1.165) is 71.7 Å². The van der Waals surface area contributed by atoms with Gasteiger partial charge >= 0.3 is 6.18 Å². The Kier molecular flexibility index (Phi) is 9.59. The monoisotopic (exact) mass is 628 g/mol. The molecule has 46 heavy (non-hydrogen) atoms. The van der Waals surface area contributed by atoms with Crippen LogP contribution in [0.2, 0.25) is 0 Å². The highest BCUT2D eigenvalue weighted by Gasteiger charge is 2.32. The van der Waals surface area contributed by atoms with Gasteiger partial charge in [0, 0.05) is 60.8 Å². The summed E-state index contributed by atoms with van der Waals surface area (Å²) in [6.07, 6.45) is 7.36. The molecule has 0 spiro atoms. The summed E-state index contributed by atoms with van der Waals surface area (Å²) < 4.78 is 44.4. The molecular formula is C37H39F3N4O2. The fourth-order valence-electron chi connectivity index (χ4n) is 6.67. The number of fused-ring (bicyclic) bond motifs is 1. The average molecular weight is 629 g/mol. The molecule has 2 heterocycles. The third-order valence-corrected chi connectivity index (χ3v) is 9.25. The predicted molar refractivity (Wildman–Crippen MR) is 176 cm³/mol. The molecule has 1 saturated heterocycles. The number of hydrogen-bond donors (Lipinski definition) is 1. The molecule has 0 atom stereocenters. The Hall–Kier alpha value is -4.37. The smallest absolute Gasteiger partial charge is 0.416 e. The summed E-state index contributed by atoms with van der Waals surface area (Å²) in [7, 11) is 1.64. The van der Waals surface area contributed by atoms with E-state index >= 15 is 0 Å². The molecule has 6 nitrogen and oxygen atoms in total. The van der Waals surface area contributed by atoms with Crippen LogP contribution in [0.4, 0.5) is 24.5 Å². The van der Waals surface area contributed by atoms with Gasteiger partial charge < -0.3 is 19.9 Å². The molecule has 1 aliphatic heterocycles. The van der Waals surface area contributed by atoms with E-state index in [-0.39, 0.29) is 11.9 Å². The van der Waals surface area contributed by atoms with Gasteiger partial charge in [0.2, 0.25) is 5.91 Å².